The number of anilines is 1. The van der Waals surface area contributed by atoms with Gasteiger partial charge in [-0.25, -0.2) is 9.78 Å². The van der Waals surface area contributed by atoms with E-state index in [0.29, 0.717) is 18.6 Å². The van der Waals surface area contributed by atoms with Crippen LogP contribution in [0.5, 0.6) is 0 Å². The lowest BCUT2D eigenvalue weighted by Crippen LogP contribution is -2.30. The highest BCUT2D eigenvalue weighted by Gasteiger charge is 2.21. The fourth-order valence-corrected chi connectivity index (χ4v) is 3.72. The van der Waals surface area contributed by atoms with Gasteiger partial charge in [0.25, 0.3) is 0 Å². The quantitative estimate of drug-likeness (QED) is 0.761. The van der Waals surface area contributed by atoms with Gasteiger partial charge in [0.05, 0.1) is 24.7 Å². The zero-order chi connectivity index (χ0) is 19.4. The van der Waals surface area contributed by atoms with Crippen molar-refractivity contribution in [2.24, 2.45) is 7.05 Å². The number of imidazole rings is 1. The summed E-state index contributed by atoms with van der Waals surface area (Å²) in [5.41, 5.74) is 4.40. The number of piperidine rings is 1. The third-order valence-corrected chi connectivity index (χ3v) is 5.08. The number of nitrogens with zero attached hydrogens (tertiary/aromatic N) is 5. The molecule has 0 radical (unpaired) electrons. The van der Waals surface area contributed by atoms with Gasteiger partial charge in [-0.15, -0.1) is 0 Å². The molecule has 0 amide bonds. The highest BCUT2D eigenvalue weighted by atomic mass is 16.1. The Bertz CT molecular complexity index is 981. The molecule has 27 heavy (non-hydrogen) atoms. The third kappa shape index (κ3) is 3.82. The van der Waals surface area contributed by atoms with Gasteiger partial charge in [0.1, 0.15) is 5.52 Å². The first-order valence-electron chi connectivity index (χ1n) is 9.56. The van der Waals surface area contributed by atoms with Gasteiger partial charge in [0.2, 0.25) is 0 Å². The molecule has 1 saturated heterocycles. The molecule has 3 rings (SSSR count). The summed E-state index contributed by atoms with van der Waals surface area (Å²) in [6.07, 6.45) is 9.65. The van der Waals surface area contributed by atoms with E-state index in [1.165, 1.54) is 19.3 Å². The molecule has 6 heteroatoms. The Hall–Kier alpha value is -2.81. The Morgan fingerprint density at radius 3 is 2.74 bits per heavy atom. The Morgan fingerprint density at radius 2 is 2.07 bits per heavy atom. The molecule has 0 spiro atoms. The molecule has 0 atom stereocenters. The predicted octanol–water partition coefficient (Wildman–Crippen LogP) is 3.45. The van der Waals surface area contributed by atoms with Crippen LogP contribution in [0.2, 0.25) is 0 Å². The lowest BCUT2D eigenvalue weighted by molar-refractivity contribution is 0.577. The van der Waals surface area contributed by atoms with E-state index in [-0.39, 0.29) is 5.69 Å². The molecule has 0 unspecified atom stereocenters. The molecular weight excluding hydrogens is 338 g/mol. The van der Waals surface area contributed by atoms with E-state index >= 15 is 0 Å². The second-order valence-corrected chi connectivity index (χ2v) is 7.12. The minimum absolute atomic E-state index is 0.0920. The lowest BCUT2D eigenvalue weighted by Gasteiger charge is -2.29. The molecule has 0 saturated carbocycles. The molecule has 3 heterocycles. The van der Waals surface area contributed by atoms with E-state index in [0.717, 1.165) is 35.6 Å². The number of nitriles is 1. The molecule has 142 valence electrons. The molecule has 1 aliphatic heterocycles. The van der Waals surface area contributed by atoms with Crippen molar-refractivity contribution in [1.29, 1.82) is 5.26 Å². The maximum absolute atomic E-state index is 13.0. The monoisotopic (exact) mass is 365 g/mol. The zero-order valence-electron chi connectivity index (χ0n) is 16.4. The number of hydrogen-bond donors (Lipinski definition) is 0. The van der Waals surface area contributed by atoms with Crippen molar-refractivity contribution < 1.29 is 0 Å². The van der Waals surface area contributed by atoms with E-state index < -0.39 is 0 Å². The minimum Gasteiger partial charge on any atom is -0.370 e. The summed E-state index contributed by atoms with van der Waals surface area (Å²) >= 11 is 0. The Labute approximate surface area is 160 Å². The Balaban J connectivity index is 2.18. The van der Waals surface area contributed by atoms with Crippen LogP contribution in [0, 0.1) is 18.3 Å². The predicted molar refractivity (Wildman–Crippen MR) is 109 cm³/mol. The molecule has 0 aliphatic carbocycles. The first-order chi connectivity index (χ1) is 13.1. The van der Waals surface area contributed by atoms with Crippen LogP contribution in [-0.4, -0.2) is 27.2 Å². The second-order valence-electron chi connectivity index (χ2n) is 7.12. The summed E-state index contributed by atoms with van der Waals surface area (Å²) in [4.78, 5) is 20.0. The maximum atomic E-state index is 13.0. The highest BCUT2D eigenvalue weighted by Crippen LogP contribution is 2.29. The molecule has 0 aromatic carbocycles. The standard InChI is InChI=1S/C21H27N5O/c1-4-5-9-17(10-11-22)15-26-19-18(25-12-7-6-8-13-25)14-16(2)23-20(19)24(3)21(26)27/h4-5,9,14H,6-8,10,12-13,15H2,1-3H3. The van der Waals surface area contributed by atoms with Crippen LogP contribution in [0.1, 0.15) is 38.3 Å². The lowest BCUT2D eigenvalue weighted by atomic mass is 10.1. The molecule has 1 aliphatic rings. The normalized spacial score (nSPS) is 15.6. The van der Waals surface area contributed by atoms with Crippen LogP contribution >= 0.6 is 0 Å². The van der Waals surface area contributed by atoms with Gasteiger partial charge in [0.15, 0.2) is 5.65 Å². The van der Waals surface area contributed by atoms with Crippen LogP contribution in [0.25, 0.3) is 11.2 Å². The fourth-order valence-electron chi connectivity index (χ4n) is 3.72. The fraction of sp³-hybridized carbons (Fsp3) is 0.476. The zero-order valence-corrected chi connectivity index (χ0v) is 16.4. The highest BCUT2D eigenvalue weighted by molar-refractivity contribution is 5.87. The van der Waals surface area contributed by atoms with Crippen LogP contribution in [0.4, 0.5) is 5.69 Å². The average Bonchev–Trinajstić information content (AvgIpc) is 2.91. The van der Waals surface area contributed by atoms with Gasteiger partial charge >= 0.3 is 5.69 Å². The van der Waals surface area contributed by atoms with Gasteiger partial charge in [-0.05, 0) is 44.7 Å². The number of allylic oxidation sites excluding steroid dienone is 4. The number of aromatic nitrogens is 3. The second kappa shape index (κ2) is 8.26. The smallest absolute Gasteiger partial charge is 0.330 e. The summed E-state index contributed by atoms with van der Waals surface area (Å²) in [7, 11) is 1.77. The molecule has 2 aromatic rings. The molecule has 2 aromatic heterocycles. The van der Waals surface area contributed by atoms with Crippen molar-refractivity contribution in [2.45, 2.75) is 46.1 Å². The van der Waals surface area contributed by atoms with Crippen LogP contribution < -0.4 is 10.6 Å². The number of aryl methyl sites for hydroxylation is 2. The van der Waals surface area contributed by atoms with Gasteiger partial charge in [-0.3, -0.25) is 9.13 Å². The van der Waals surface area contributed by atoms with Crippen molar-refractivity contribution in [2.75, 3.05) is 18.0 Å². The first kappa shape index (κ1) is 19.0. The number of rotatable bonds is 5. The molecule has 6 nitrogen and oxygen atoms in total. The van der Waals surface area contributed by atoms with Crippen molar-refractivity contribution in [3.8, 4) is 6.07 Å². The average molecular weight is 365 g/mol. The number of fused-ring (bicyclic) bond motifs is 1. The van der Waals surface area contributed by atoms with Gasteiger partial charge < -0.3 is 4.90 Å². The summed E-state index contributed by atoms with van der Waals surface area (Å²) in [5, 5.41) is 9.17. The Morgan fingerprint density at radius 1 is 1.33 bits per heavy atom. The summed E-state index contributed by atoms with van der Waals surface area (Å²) < 4.78 is 3.40. The van der Waals surface area contributed by atoms with Gasteiger partial charge in [0, 0.05) is 25.8 Å². The van der Waals surface area contributed by atoms with Crippen molar-refractivity contribution in [3.63, 3.8) is 0 Å². The van der Waals surface area contributed by atoms with E-state index in [1.54, 1.807) is 16.2 Å². The van der Waals surface area contributed by atoms with Crippen LogP contribution in [-0.2, 0) is 13.6 Å². The largest absolute Gasteiger partial charge is 0.370 e. The van der Waals surface area contributed by atoms with E-state index in [9.17, 15) is 4.79 Å². The number of hydrogen-bond acceptors (Lipinski definition) is 4. The van der Waals surface area contributed by atoms with Crippen LogP contribution in [0.3, 0.4) is 0 Å². The first-order valence-corrected chi connectivity index (χ1v) is 9.56. The Kier molecular flexibility index (Phi) is 5.80. The molecular formula is C21H27N5O. The van der Waals surface area contributed by atoms with Crippen LogP contribution in [0.15, 0.2) is 34.7 Å². The maximum Gasteiger partial charge on any atom is 0.330 e. The van der Waals surface area contributed by atoms with E-state index in [4.69, 9.17) is 5.26 Å². The molecule has 0 N–H and O–H groups in total. The number of pyridine rings is 1. The minimum atomic E-state index is -0.0920. The van der Waals surface area contributed by atoms with E-state index in [1.807, 2.05) is 32.1 Å². The van der Waals surface area contributed by atoms with Crippen molar-refractivity contribution >= 4 is 16.9 Å². The van der Waals surface area contributed by atoms with E-state index in [2.05, 4.69) is 22.0 Å². The van der Waals surface area contributed by atoms with Gasteiger partial charge in [-0.2, -0.15) is 5.26 Å². The summed E-state index contributed by atoms with van der Waals surface area (Å²) in [5.74, 6) is 0. The topological polar surface area (TPSA) is 66.8 Å². The van der Waals surface area contributed by atoms with Crippen molar-refractivity contribution in [3.05, 3.63) is 46.0 Å². The third-order valence-electron chi connectivity index (χ3n) is 5.08. The molecule has 1 fully saturated rings. The van der Waals surface area contributed by atoms with Gasteiger partial charge in [-0.1, -0.05) is 18.2 Å². The summed E-state index contributed by atoms with van der Waals surface area (Å²) in [6, 6.07) is 4.29. The summed E-state index contributed by atoms with van der Waals surface area (Å²) in [6.45, 7) is 6.31. The van der Waals surface area contributed by atoms with Crippen molar-refractivity contribution in [1.82, 2.24) is 14.1 Å². The SMILES string of the molecule is CC=CC=C(CC#N)Cn1c(=O)n(C)c2nc(C)cc(N3CCCCC3)c21. The molecule has 0 bridgehead atoms.